The standard InChI is InChI=1S/C21H25FN2O2/c1-26-20-12-6-16(7-13-20)3-2-14-23-21(25)24(19-10-11-19)15-17-4-8-18(22)9-5-17/h4-9,12-13,19H,2-3,10-11,14-15H2,1H3,(H,23,25). The molecule has 0 spiro atoms. The van der Waals surface area contributed by atoms with Crippen molar-refractivity contribution in [3.8, 4) is 5.75 Å². The number of nitrogens with one attached hydrogen (secondary N) is 1. The van der Waals surface area contributed by atoms with Crippen molar-refractivity contribution in [1.82, 2.24) is 10.2 Å². The van der Waals surface area contributed by atoms with Crippen LogP contribution in [0.1, 0.15) is 30.4 Å². The van der Waals surface area contributed by atoms with E-state index in [9.17, 15) is 9.18 Å². The third-order valence-electron chi connectivity index (χ3n) is 4.59. The molecule has 0 heterocycles. The van der Waals surface area contributed by atoms with Crippen LogP contribution in [0.4, 0.5) is 9.18 Å². The minimum Gasteiger partial charge on any atom is -0.497 e. The molecular weight excluding hydrogens is 331 g/mol. The van der Waals surface area contributed by atoms with Crippen molar-refractivity contribution in [3.05, 3.63) is 65.5 Å². The summed E-state index contributed by atoms with van der Waals surface area (Å²) in [5.41, 5.74) is 2.18. The van der Waals surface area contributed by atoms with E-state index in [1.807, 2.05) is 29.2 Å². The highest BCUT2D eigenvalue weighted by molar-refractivity contribution is 5.74. The molecule has 1 N–H and O–H groups in total. The Labute approximate surface area is 154 Å². The predicted octanol–water partition coefficient (Wildman–Crippen LogP) is 4.14. The maximum absolute atomic E-state index is 13.0. The first kappa shape index (κ1) is 18.2. The van der Waals surface area contributed by atoms with Gasteiger partial charge in [0.2, 0.25) is 0 Å². The summed E-state index contributed by atoms with van der Waals surface area (Å²) < 4.78 is 18.2. The van der Waals surface area contributed by atoms with Crippen LogP contribution in [0.3, 0.4) is 0 Å². The highest BCUT2D eigenvalue weighted by Crippen LogP contribution is 2.28. The second kappa shape index (κ2) is 8.70. The van der Waals surface area contributed by atoms with Crippen LogP contribution < -0.4 is 10.1 Å². The Balaban J connectivity index is 1.45. The lowest BCUT2D eigenvalue weighted by Crippen LogP contribution is -2.41. The molecule has 2 amide bonds. The summed E-state index contributed by atoms with van der Waals surface area (Å²) in [5, 5.41) is 3.02. The molecule has 0 aromatic heterocycles. The van der Waals surface area contributed by atoms with Crippen LogP contribution in [-0.2, 0) is 13.0 Å². The molecule has 0 aliphatic heterocycles. The fourth-order valence-electron chi connectivity index (χ4n) is 2.92. The number of rotatable bonds is 8. The van der Waals surface area contributed by atoms with E-state index in [4.69, 9.17) is 4.74 Å². The molecule has 1 fully saturated rings. The van der Waals surface area contributed by atoms with E-state index < -0.39 is 0 Å². The van der Waals surface area contributed by atoms with Crippen LogP contribution in [0.25, 0.3) is 0 Å². The van der Waals surface area contributed by atoms with Gasteiger partial charge in [0, 0.05) is 19.1 Å². The zero-order valence-corrected chi connectivity index (χ0v) is 15.1. The van der Waals surface area contributed by atoms with E-state index in [-0.39, 0.29) is 11.8 Å². The van der Waals surface area contributed by atoms with Crippen LogP contribution >= 0.6 is 0 Å². The number of carbonyl (C=O) groups is 1. The van der Waals surface area contributed by atoms with Crippen molar-refractivity contribution >= 4 is 6.03 Å². The molecule has 2 aromatic rings. The maximum atomic E-state index is 13.0. The van der Waals surface area contributed by atoms with Gasteiger partial charge in [0.15, 0.2) is 0 Å². The number of halogens is 1. The summed E-state index contributed by atoms with van der Waals surface area (Å²) in [5.74, 6) is 0.595. The lowest BCUT2D eigenvalue weighted by atomic mass is 10.1. The lowest BCUT2D eigenvalue weighted by molar-refractivity contribution is 0.192. The van der Waals surface area contributed by atoms with Gasteiger partial charge in [-0.1, -0.05) is 24.3 Å². The Hall–Kier alpha value is -2.56. The minimum atomic E-state index is -0.255. The summed E-state index contributed by atoms with van der Waals surface area (Å²) in [4.78, 5) is 14.4. The van der Waals surface area contributed by atoms with Crippen molar-refractivity contribution in [2.24, 2.45) is 0 Å². The highest BCUT2D eigenvalue weighted by Gasteiger charge is 2.32. The summed E-state index contributed by atoms with van der Waals surface area (Å²) in [7, 11) is 1.65. The first-order valence-corrected chi connectivity index (χ1v) is 9.07. The van der Waals surface area contributed by atoms with Crippen molar-refractivity contribution in [2.45, 2.75) is 38.3 Å². The summed E-state index contributed by atoms with van der Waals surface area (Å²) in [6, 6.07) is 14.6. The topological polar surface area (TPSA) is 41.6 Å². The van der Waals surface area contributed by atoms with E-state index >= 15 is 0 Å². The third kappa shape index (κ3) is 5.22. The molecule has 5 heteroatoms. The van der Waals surface area contributed by atoms with Gasteiger partial charge in [-0.05, 0) is 61.1 Å². The SMILES string of the molecule is COc1ccc(CCCNC(=O)N(Cc2ccc(F)cc2)C2CC2)cc1. The van der Waals surface area contributed by atoms with Crippen molar-refractivity contribution < 1.29 is 13.9 Å². The number of aryl methyl sites for hydroxylation is 1. The summed E-state index contributed by atoms with van der Waals surface area (Å²) >= 11 is 0. The average Bonchev–Trinajstić information content (AvgIpc) is 3.50. The van der Waals surface area contributed by atoms with Crippen LogP contribution in [0.2, 0.25) is 0 Å². The van der Waals surface area contributed by atoms with Gasteiger partial charge in [0.1, 0.15) is 11.6 Å². The second-order valence-electron chi connectivity index (χ2n) is 6.67. The van der Waals surface area contributed by atoms with E-state index in [1.165, 1.54) is 17.7 Å². The van der Waals surface area contributed by atoms with Crippen molar-refractivity contribution in [3.63, 3.8) is 0 Å². The molecule has 1 aliphatic carbocycles. The normalized spacial score (nSPS) is 13.3. The molecule has 3 rings (SSSR count). The van der Waals surface area contributed by atoms with Crippen LogP contribution in [0.15, 0.2) is 48.5 Å². The van der Waals surface area contributed by atoms with Gasteiger partial charge >= 0.3 is 6.03 Å². The number of ether oxygens (including phenoxy) is 1. The minimum absolute atomic E-state index is 0.0356. The largest absolute Gasteiger partial charge is 0.497 e. The van der Waals surface area contributed by atoms with Crippen molar-refractivity contribution in [2.75, 3.05) is 13.7 Å². The van der Waals surface area contributed by atoms with E-state index in [0.29, 0.717) is 19.1 Å². The summed E-state index contributed by atoms with van der Waals surface area (Å²) in [6.45, 7) is 1.16. The molecule has 0 radical (unpaired) electrons. The number of nitrogens with zero attached hydrogens (tertiary/aromatic N) is 1. The quantitative estimate of drug-likeness (QED) is 0.722. The van der Waals surface area contributed by atoms with Crippen molar-refractivity contribution in [1.29, 1.82) is 0 Å². The molecule has 2 aromatic carbocycles. The highest BCUT2D eigenvalue weighted by atomic mass is 19.1. The van der Waals surface area contributed by atoms with Crippen LogP contribution in [-0.4, -0.2) is 30.6 Å². The molecule has 0 saturated heterocycles. The number of hydrogen-bond donors (Lipinski definition) is 1. The number of amides is 2. The molecular formula is C21H25FN2O2. The molecule has 26 heavy (non-hydrogen) atoms. The van der Waals surface area contributed by atoms with Gasteiger partial charge in [-0.3, -0.25) is 0 Å². The number of carbonyl (C=O) groups excluding carboxylic acids is 1. The zero-order valence-electron chi connectivity index (χ0n) is 15.1. The van der Waals surface area contributed by atoms with E-state index in [2.05, 4.69) is 5.32 Å². The molecule has 0 atom stereocenters. The predicted molar refractivity (Wildman–Crippen MR) is 99.7 cm³/mol. The molecule has 0 unspecified atom stereocenters. The van der Waals surface area contributed by atoms with Crippen LogP contribution in [0, 0.1) is 5.82 Å². The van der Waals surface area contributed by atoms with Gasteiger partial charge in [-0.2, -0.15) is 0 Å². The second-order valence-corrected chi connectivity index (χ2v) is 6.67. The molecule has 1 saturated carbocycles. The number of hydrogen-bond acceptors (Lipinski definition) is 2. The fraction of sp³-hybridized carbons (Fsp3) is 0.381. The summed E-state index contributed by atoms with van der Waals surface area (Å²) in [6.07, 6.45) is 3.87. The van der Waals surface area contributed by atoms with Crippen LogP contribution in [0.5, 0.6) is 5.75 Å². The Kier molecular flexibility index (Phi) is 6.10. The lowest BCUT2D eigenvalue weighted by Gasteiger charge is -2.23. The third-order valence-corrected chi connectivity index (χ3v) is 4.59. The first-order chi connectivity index (χ1) is 12.7. The maximum Gasteiger partial charge on any atom is 0.317 e. The van der Waals surface area contributed by atoms with Gasteiger partial charge in [0.05, 0.1) is 7.11 Å². The molecule has 1 aliphatic rings. The molecule has 0 bridgehead atoms. The number of benzene rings is 2. The number of methoxy groups -OCH3 is 1. The molecule has 138 valence electrons. The van der Waals surface area contributed by atoms with Gasteiger partial charge in [-0.15, -0.1) is 0 Å². The van der Waals surface area contributed by atoms with E-state index in [1.54, 1.807) is 19.2 Å². The smallest absolute Gasteiger partial charge is 0.317 e. The first-order valence-electron chi connectivity index (χ1n) is 9.07. The molecule has 4 nitrogen and oxygen atoms in total. The Bertz CT molecular complexity index is 712. The Morgan fingerprint density at radius 2 is 1.77 bits per heavy atom. The fourth-order valence-corrected chi connectivity index (χ4v) is 2.92. The number of urea groups is 1. The monoisotopic (exact) mass is 356 g/mol. The van der Waals surface area contributed by atoms with Gasteiger partial charge in [-0.25, -0.2) is 9.18 Å². The zero-order chi connectivity index (χ0) is 18.4. The average molecular weight is 356 g/mol. The van der Waals surface area contributed by atoms with Gasteiger partial charge < -0.3 is 15.0 Å². The van der Waals surface area contributed by atoms with E-state index in [0.717, 1.165) is 37.0 Å². The Morgan fingerprint density at radius 1 is 1.12 bits per heavy atom. The Morgan fingerprint density at radius 3 is 2.38 bits per heavy atom. The van der Waals surface area contributed by atoms with Gasteiger partial charge in [0.25, 0.3) is 0 Å².